The number of carbonyl (C=O) groups excluding carboxylic acids is 1. The molecule has 0 spiro atoms. The Morgan fingerprint density at radius 1 is 1.35 bits per heavy atom. The van der Waals surface area contributed by atoms with Gasteiger partial charge in [0.05, 0.1) is 17.1 Å². The molecular weight excluding hydrogens is 282 g/mol. The molecule has 0 radical (unpaired) electrons. The van der Waals surface area contributed by atoms with Crippen molar-refractivity contribution < 1.29 is 14.7 Å². The van der Waals surface area contributed by atoms with Crippen LogP contribution >= 0.6 is 11.6 Å². The molecule has 1 amide bonds. The van der Waals surface area contributed by atoms with Gasteiger partial charge in [-0.15, -0.1) is 0 Å². The summed E-state index contributed by atoms with van der Waals surface area (Å²) in [5, 5.41) is 11.8. The number of aromatic carboxylic acids is 1. The monoisotopic (exact) mass is 297 g/mol. The lowest BCUT2D eigenvalue weighted by Crippen LogP contribution is -2.39. The van der Waals surface area contributed by atoms with Gasteiger partial charge >= 0.3 is 5.97 Å². The highest BCUT2D eigenvalue weighted by atomic mass is 35.5. The van der Waals surface area contributed by atoms with Gasteiger partial charge in [-0.2, -0.15) is 0 Å². The van der Waals surface area contributed by atoms with Crippen LogP contribution in [-0.2, 0) is 4.79 Å². The standard InChI is InChI=1S/C13H16ClN3O3/c14-10-6-9(13(19)20)7-15-12(10)16-8-11(18)17-4-2-1-3-5-17/h6-7H,1-5,8H2,(H,15,16)(H,19,20). The smallest absolute Gasteiger partial charge is 0.337 e. The molecule has 0 saturated carbocycles. The zero-order valence-corrected chi connectivity index (χ0v) is 11.7. The molecule has 1 aromatic heterocycles. The molecule has 0 aromatic carbocycles. The lowest BCUT2D eigenvalue weighted by Gasteiger charge is -2.26. The molecule has 1 aromatic rings. The van der Waals surface area contributed by atoms with Crippen LogP contribution in [0.15, 0.2) is 12.3 Å². The molecule has 2 heterocycles. The van der Waals surface area contributed by atoms with Crippen LogP contribution in [0.25, 0.3) is 0 Å². The van der Waals surface area contributed by atoms with Crippen molar-refractivity contribution >= 4 is 29.3 Å². The highest BCUT2D eigenvalue weighted by molar-refractivity contribution is 6.33. The van der Waals surface area contributed by atoms with Gasteiger partial charge in [0.25, 0.3) is 0 Å². The van der Waals surface area contributed by atoms with Gasteiger partial charge in [0.1, 0.15) is 5.82 Å². The number of pyridine rings is 1. The predicted molar refractivity (Wildman–Crippen MR) is 75.1 cm³/mol. The first-order chi connectivity index (χ1) is 9.58. The summed E-state index contributed by atoms with van der Waals surface area (Å²) in [5.74, 6) is -0.762. The first kappa shape index (κ1) is 14.6. The fraction of sp³-hybridized carbons (Fsp3) is 0.462. The maximum Gasteiger partial charge on any atom is 0.337 e. The van der Waals surface area contributed by atoms with Crippen molar-refractivity contribution in [1.29, 1.82) is 0 Å². The summed E-state index contributed by atoms with van der Waals surface area (Å²) in [4.78, 5) is 28.5. The number of carboxylic acids is 1. The average Bonchev–Trinajstić information content (AvgIpc) is 2.46. The van der Waals surface area contributed by atoms with Crippen molar-refractivity contribution in [1.82, 2.24) is 9.88 Å². The third-order valence-corrected chi connectivity index (χ3v) is 3.49. The Morgan fingerprint density at radius 2 is 2.05 bits per heavy atom. The lowest BCUT2D eigenvalue weighted by molar-refractivity contribution is -0.130. The summed E-state index contributed by atoms with van der Waals surface area (Å²) in [6.45, 7) is 1.69. The van der Waals surface area contributed by atoms with Crippen molar-refractivity contribution in [3.8, 4) is 0 Å². The van der Waals surface area contributed by atoms with Gasteiger partial charge in [-0.3, -0.25) is 4.79 Å². The normalized spacial score (nSPS) is 14.9. The second kappa shape index (κ2) is 6.56. The first-order valence-corrected chi connectivity index (χ1v) is 6.86. The number of nitrogens with zero attached hydrogens (tertiary/aromatic N) is 2. The number of anilines is 1. The average molecular weight is 298 g/mol. The van der Waals surface area contributed by atoms with E-state index in [2.05, 4.69) is 10.3 Å². The van der Waals surface area contributed by atoms with Crippen LogP contribution in [0.1, 0.15) is 29.6 Å². The van der Waals surface area contributed by atoms with E-state index in [0.717, 1.165) is 25.9 Å². The third kappa shape index (κ3) is 3.60. The Balaban J connectivity index is 1.93. The van der Waals surface area contributed by atoms with Crippen molar-refractivity contribution in [3.05, 3.63) is 22.8 Å². The van der Waals surface area contributed by atoms with E-state index in [0.29, 0.717) is 5.82 Å². The van der Waals surface area contributed by atoms with Gasteiger partial charge in [0.2, 0.25) is 5.91 Å². The van der Waals surface area contributed by atoms with Crippen LogP contribution in [0.2, 0.25) is 5.02 Å². The molecule has 0 atom stereocenters. The second-order valence-electron chi connectivity index (χ2n) is 4.65. The van der Waals surface area contributed by atoms with Gasteiger partial charge < -0.3 is 15.3 Å². The SMILES string of the molecule is O=C(O)c1cnc(NCC(=O)N2CCCCC2)c(Cl)c1. The zero-order valence-electron chi connectivity index (χ0n) is 10.9. The summed E-state index contributed by atoms with van der Waals surface area (Å²) in [6, 6.07) is 1.31. The molecule has 0 bridgehead atoms. The summed E-state index contributed by atoms with van der Waals surface area (Å²) in [7, 11) is 0. The first-order valence-electron chi connectivity index (χ1n) is 6.48. The number of halogens is 1. The van der Waals surface area contributed by atoms with Crippen LogP contribution < -0.4 is 5.32 Å². The molecule has 108 valence electrons. The minimum atomic E-state index is -1.09. The van der Waals surface area contributed by atoms with E-state index in [4.69, 9.17) is 16.7 Å². The molecule has 1 saturated heterocycles. The topological polar surface area (TPSA) is 82.5 Å². The summed E-state index contributed by atoms with van der Waals surface area (Å²) in [6.07, 6.45) is 4.46. The number of carboxylic acid groups (broad SMARTS) is 1. The Labute approximate surface area is 121 Å². The second-order valence-corrected chi connectivity index (χ2v) is 5.06. The number of nitrogens with one attached hydrogen (secondary N) is 1. The minimum absolute atomic E-state index is 0.00452. The minimum Gasteiger partial charge on any atom is -0.478 e. The van der Waals surface area contributed by atoms with Gasteiger partial charge in [-0.1, -0.05) is 11.6 Å². The van der Waals surface area contributed by atoms with Crippen LogP contribution in [0.3, 0.4) is 0 Å². The number of carbonyl (C=O) groups is 2. The van der Waals surface area contributed by atoms with Gasteiger partial charge in [-0.05, 0) is 25.3 Å². The molecule has 2 N–H and O–H groups in total. The molecular formula is C13H16ClN3O3. The maximum atomic E-state index is 12.0. The molecule has 1 fully saturated rings. The number of likely N-dealkylation sites (tertiary alicyclic amines) is 1. The molecule has 1 aliphatic heterocycles. The number of piperidine rings is 1. The largest absolute Gasteiger partial charge is 0.478 e. The molecule has 1 aliphatic rings. The Hall–Kier alpha value is -1.82. The molecule has 20 heavy (non-hydrogen) atoms. The van der Waals surface area contributed by atoms with E-state index in [1.807, 2.05) is 4.90 Å². The van der Waals surface area contributed by atoms with Gasteiger partial charge in [0, 0.05) is 19.3 Å². The number of amides is 1. The van der Waals surface area contributed by atoms with Crippen LogP contribution in [0.5, 0.6) is 0 Å². The Morgan fingerprint density at radius 3 is 2.65 bits per heavy atom. The summed E-state index contributed by atoms with van der Waals surface area (Å²) < 4.78 is 0. The third-order valence-electron chi connectivity index (χ3n) is 3.20. The van der Waals surface area contributed by atoms with E-state index in [1.54, 1.807) is 0 Å². The van der Waals surface area contributed by atoms with Crippen LogP contribution in [-0.4, -0.2) is 46.5 Å². The summed E-state index contributed by atoms with van der Waals surface area (Å²) >= 11 is 5.93. The summed E-state index contributed by atoms with van der Waals surface area (Å²) in [5.41, 5.74) is 0.0166. The van der Waals surface area contributed by atoms with Gasteiger partial charge in [-0.25, -0.2) is 9.78 Å². The van der Waals surface area contributed by atoms with Crippen molar-refractivity contribution in [2.45, 2.75) is 19.3 Å². The van der Waals surface area contributed by atoms with Gasteiger partial charge in [0.15, 0.2) is 0 Å². The molecule has 0 unspecified atom stereocenters. The van der Waals surface area contributed by atoms with E-state index < -0.39 is 5.97 Å². The molecule has 0 aliphatic carbocycles. The van der Waals surface area contributed by atoms with E-state index in [-0.39, 0.29) is 23.0 Å². The number of aromatic nitrogens is 1. The zero-order chi connectivity index (χ0) is 14.5. The number of hydrogen-bond donors (Lipinski definition) is 2. The molecule has 6 nitrogen and oxygen atoms in total. The maximum absolute atomic E-state index is 12.0. The van der Waals surface area contributed by atoms with E-state index >= 15 is 0 Å². The lowest BCUT2D eigenvalue weighted by atomic mass is 10.1. The number of rotatable bonds is 4. The fourth-order valence-corrected chi connectivity index (χ4v) is 2.33. The molecule has 2 rings (SSSR count). The van der Waals surface area contributed by atoms with E-state index in [9.17, 15) is 9.59 Å². The Kier molecular flexibility index (Phi) is 4.79. The van der Waals surface area contributed by atoms with Crippen LogP contribution in [0, 0.1) is 0 Å². The van der Waals surface area contributed by atoms with Crippen molar-refractivity contribution in [2.75, 3.05) is 25.0 Å². The predicted octanol–water partition coefficient (Wildman–Crippen LogP) is 1.86. The Bertz CT molecular complexity index is 516. The fourth-order valence-electron chi connectivity index (χ4n) is 2.10. The quantitative estimate of drug-likeness (QED) is 0.886. The molecule has 7 heteroatoms. The van der Waals surface area contributed by atoms with Crippen LogP contribution in [0.4, 0.5) is 5.82 Å². The highest BCUT2D eigenvalue weighted by Gasteiger charge is 2.16. The number of hydrogen-bond acceptors (Lipinski definition) is 4. The van der Waals surface area contributed by atoms with Crippen molar-refractivity contribution in [2.24, 2.45) is 0 Å². The van der Waals surface area contributed by atoms with E-state index in [1.165, 1.54) is 18.7 Å². The van der Waals surface area contributed by atoms with Crippen molar-refractivity contribution in [3.63, 3.8) is 0 Å². The highest BCUT2D eigenvalue weighted by Crippen LogP contribution is 2.20.